The number of pyridine rings is 1. The first-order valence-electron chi connectivity index (χ1n) is 8.04. The van der Waals surface area contributed by atoms with E-state index in [4.69, 9.17) is 4.74 Å². The zero-order chi connectivity index (χ0) is 18.5. The third kappa shape index (κ3) is 3.77. The van der Waals surface area contributed by atoms with Gasteiger partial charge >= 0.3 is 0 Å². The number of benzene rings is 1. The molecule has 1 amide bonds. The van der Waals surface area contributed by atoms with E-state index in [0.29, 0.717) is 11.5 Å². The van der Waals surface area contributed by atoms with Crippen LogP contribution in [0.3, 0.4) is 0 Å². The van der Waals surface area contributed by atoms with Crippen LogP contribution in [0.1, 0.15) is 13.0 Å². The number of rotatable bonds is 5. The van der Waals surface area contributed by atoms with Gasteiger partial charge in [-0.05, 0) is 49.4 Å². The number of carbonyl (C=O) groups excluding carboxylic acids is 1. The fraction of sp³-hybridized carbons (Fsp3) is 0.158. The van der Waals surface area contributed by atoms with Gasteiger partial charge in [0.1, 0.15) is 17.6 Å². The van der Waals surface area contributed by atoms with Crippen LogP contribution in [0.2, 0.25) is 0 Å². The Bertz CT molecular complexity index is 953. The first-order valence-corrected chi connectivity index (χ1v) is 8.04. The summed E-state index contributed by atoms with van der Waals surface area (Å²) < 4.78 is 6.30. The minimum Gasteiger partial charge on any atom is -0.497 e. The molecule has 26 heavy (non-hydrogen) atoms. The number of hydrogen-bond donors (Lipinski definition) is 1. The van der Waals surface area contributed by atoms with E-state index >= 15 is 0 Å². The van der Waals surface area contributed by atoms with Crippen LogP contribution in [0.15, 0.2) is 65.6 Å². The van der Waals surface area contributed by atoms with Crippen molar-refractivity contribution in [1.82, 2.24) is 14.8 Å². The standard InChI is InChI=1S/C19H18N4O3/c1-13(19(25)21-17-5-3-4-12-20-17)23-18(24)11-10-16(22-23)14-6-8-15(26-2)9-7-14/h3-13H,1-2H3,(H,20,21,25). The first kappa shape index (κ1) is 17.3. The maximum Gasteiger partial charge on any atom is 0.267 e. The summed E-state index contributed by atoms with van der Waals surface area (Å²) >= 11 is 0. The number of nitrogens with one attached hydrogen (secondary N) is 1. The third-order valence-electron chi connectivity index (χ3n) is 3.87. The molecule has 0 saturated carbocycles. The van der Waals surface area contributed by atoms with Crippen molar-refractivity contribution in [3.63, 3.8) is 0 Å². The lowest BCUT2D eigenvalue weighted by molar-refractivity contribution is -0.119. The van der Waals surface area contributed by atoms with Gasteiger partial charge in [0, 0.05) is 17.8 Å². The molecule has 3 rings (SSSR count). The van der Waals surface area contributed by atoms with Crippen LogP contribution in [-0.4, -0.2) is 27.8 Å². The van der Waals surface area contributed by atoms with E-state index in [1.54, 1.807) is 44.5 Å². The van der Waals surface area contributed by atoms with Gasteiger partial charge in [-0.2, -0.15) is 5.10 Å². The number of hydrogen-bond acceptors (Lipinski definition) is 5. The highest BCUT2D eigenvalue weighted by Gasteiger charge is 2.18. The Morgan fingerprint density at radius 1 is 1.12 bits per heavy atom. The van der Waals surface area contributed by atoms with Crippen LogP contribution < -0.4 is 15.6 Å². The monoisotopic (exact) mass is 350 g/mol. The molecule has 1 aromatic carbocycles. The molecule has 2 heterocycles. The topological polar surface area (TPSA) is 86.1 Å². The molecule has 0 fully saturated rings. The highest BCUT2D eigenvalue weighted by Crippen LogP contribution is 2.20. The smallest absolute Gasteiger partial charge is 0.267 e. The molecule has 2 aromatic heterocycles. The average Bonchev–Trinajstić information content (AvgIpc) is 2.68. The van der Waals surface area contributed by atoms with Gasteiger partial charge in [-0.3, -0.25) is 9.59 Å². The lowest BCUT2D eigenvalue weighted by Crippen LogP contribution is -2.33. The van der Waals surface area contributed by atoms with E-state index in [1.807, 2.05) is 24.3 Å². The highest BCUT2D eigenvalue weighted by atomic mass is 16.5. The summed E-state index contributed by atoms with van der Waals surface area (Å²) in [4.78, 5) is 28.7. The molecule has 3 aromatic rings. The molecule has 0 aliphatic carbocycles. The molecule has 0 saturated heterocycles. The third-order valence-corrected chi connectivity index (χ3v) is 3.87. The van der Waals surface area contributed by atoms with Gasteiger partial charge < -0.3 is 10.1 Å². The van der Waals surface area contributed by atoms with Gasteiger partial charge in [-0.25, -0.2) is 9.67 Å². The second-order valence-electron chi connectivity index (χ2n) is 5.61. The van der Waals surface area contributed by atoms with E-state index in [0.717, 1.165) is 16.0 Å². The van der Waals surface area contributed by atoms with E-state index in [1.165, 1.54) is 6.07 Å². The summed E-state index contributed by atoms with van der Waals surface area (Å²) in [6.45, 7) is 1.62. The lowest BCUT2D eigenvalue weighted by Gasteiger charge is -2.14. The second-order valence-corrected chi connectivity index (χ2v) is 5.61. The largest absolute Gasteiger partial charge is 0.497 e. The van der Waals surface area contributed by atoms with Crippen LogP contribution in [0.5, 0.6) is 5.75 Å². The van der Waals surface area contributed by atoms with E-state index in [-0.39, 0.29) is 11.5 Å². The zero-order valence-electron chi connectivity index (χ0n) is 14.4. The SMILES string of the molecule is COc1ccc(-c2ccc(=O)n(C(C)C(=O)Nc3ccccn3)n2)cc1. The number of ether oxygens (including phenoxy) is 1. The Balaban J connectivity index is 1.86. The van der Waals surface area contributed by atoms with Crippen molar-refractivity contribution in [3.8, 4) is 17.0 Å². The Kier molecular flexibility index (Phi) is 5.07. The summed E-state index contributed by atoms with van der Waals surface area (Å²) in [7, 11) is 1.59. The fourth-order valence-electron chi connectivity index (χ4n) is 2.40. The summed E-state index contributed by atoms with van der Waals surface area (Å²) in [5, 5.41) is 7.02. The number of aromatic nitrogens is 3. The van der Waals surface area contributed by atoms with Gasteiger partial charge in [0.15, 0.2) is 0 Å². The van der Waals surface area contributed by atoms with E-state index in [9.17, 15) is 9.59 Å². The van der Waals surface area contributed by atoms with Crippen LogP contribution >= 0.6 is 0 Å². The van der Waals surface area contributed by atoms with Crippen molar-refractivity contribution in [2.45, 2.75) is 13.0 Å². The highest BCUT2D eigenvalue weighted by molar-refractivity contribution is 5.92. The van der Waals surface area contributed by atoms with E-state index < -0.39 is 6.04 Å². The normalized spacial score (nSPS) is 11.6. The van der Waals surface area contributed by atoms with Crippen molar-refractivity contribution < 1.29 is 9.53 Å². The maximum atomic E-state index is 12.4. The molecular formula is C19H18N4O3. The number of carbonyl (C=O) groups is 1. The predicted octanol–water partition coefficient (Wildman–Crippen LogP) is 2.51. The lowest BCUT2D eigenvalue weighted by atomic mass is 10.1. The van der Waals surface area contributed by atoms with Crippen molar-refractivity contribution in [3.05, 3.63) is 71.1 Å². The van der Waals surface area contributed by atoms with Gasteiger partial charge in [0.05, 0.1) is 12.8 Å². The molecule has 0 aliphatic rings. The fourth-order valence-corrected chi connectivity index (χ4v) is 2.40. The van der Waals surface area contributed by atoms with Crippen LogP contribution in [0.25, 0.3) is 11.3 Å². The second kappa shape index (κ2) is 7.60. The molecule has 1 atom stereocenters. The first-order chi connectivity index (χ1) is 12.6. The summed E-state index contributed by atoms with van der Waals surface area (Å²) in [5.41, 5.74) is 1.05. The van der Waals surface area contributed by atoms with Crippen molar-refractivity contribution in [2.75, 3.05) is 12.4 Å². The molecule has 0 aliphatic heterocycles. The van der Waals surface area contributed by atoms with Crippen molar-refractivity contribution in [1.29, 1.82) is 0 Å². The molecule has 1 N–H and O–H groups in total. The number of anilines is 1. The van der Waals surface area contributed by atoms with Gasteiger partial charge in [0.2, 0.25) is 5.91 Å². The Morgan fingerprint density at radius 2 is 1.88 bits per heavy atom. The molecular weight excluding hydrogens is 332 g/mol. The zero-order valence-corrected chi connectivity index (χ0v) is 14.4. The van der Waals surface area contributed by atoms with Gasteiger partial charge in [-0.15, -0.1) is 0 Å². The molecule has 0 radical (unpaired) electrons. The molecule has 7 nitrogen and oxygen atoms in total. The van der Waals surface area contributed by atoms with Gasteiger partial charge in [-0.1, -0.05) is 6.07 Å². The number of amides is 1. The molecule has 0 spiro atoms. The van der Waals surface area contributed by atoms with Crippen LogP contribution in [-0.2, 0) is 4.79 Å². The quantitative estimate of drug-likeness (QED) is 0.764. The maximum absolute atomic E-state index is 12.4. The number of nitrogens with zero attached hydrogens (tertiary/aromatic N) is 3. The summed E-state index contributed by atoms with van der Waals surface area (Å²) in [6, 6.07) is 14.7. The average molecular weight is 350 g/mol. The molecule has 1 unspecified atom stereocenters. The Hall–Kier alpha value is -3.48. The minimum absolute atomic E-state index is 0.356. The Morgan fingerprint density at radius 3 is 2.54 bits per heavy atom. The molecule has 0 bridgehead atoms. The van der Waals surface area contributed by atoms with Crippen LogP contribution in [0.4, 0.5) is 5.82 Å². The van der Waals surface area contributed by atoms with Crippen LogP contribution in [0, 0.1) is 0 Å². The predicted molar refractivity (Wildman–Crippen MR) is 98.1 cm³/mol. The van der Waals surface area contributed by atoms with E-state index in [2.05, 4.69) is 15.4 Å². The molecule has 7 heteroatoms. The number of methoxy groups -OCH3 is 1. The molecule has 132 valence electrons. The summed E-state index contributed by atoms with van der Waals surface area (Å²) in [6.07, 6.45) is 1.58. The van der Waals surface area contributed by atoms with Gasteiger partial charge in [0.25, 0.3) is 5.56 Å². The minimum atomic E-state index is -0.789. The Labute approximate surface area is 150 Å². The summed E-state index contributed by atoms with van der Waals surface area (Å²) in [5.74, 6) is 0.777. The van der Waals surface area contributed by atoms with Crippen molar-refractivity contribution >= 4 is 11.7 Å². The van der Waals surface area contributed by atoms with Crippen molar-refractivity contribution in [2.24, 2.45) is 0 Å².